The highest BCUT2D eigenvalue weighted by Gasteiger charge is 2.40. The Hall–Kier alpha value is -1.96. The summed E-state index contributed by atoms with van der Waals surface area (Å²) in [5, 5.41) is 21.0. The van der Waals surface area contributed by atoms with E-state index < -0.39 is 0 Å². The van der Waals surface area contributed by atoms with Crippen molar-refractivity contribution in [2.24, 2.45) is 5.92 Å². The predicted octanol–water partition coefficient (Wildman–Crippen LogP) is 9.05. The first-order valence-electron chi connectivity index (χ1n) is 14.1. The Kier molecular flexibility index (Phi) is 6.96. The molecule has 2 heteroatoms. The summed E-state index contributed by atoms with van der Waals surface area (Å²) in [7, 11) is 0. The molecule has 5 rings (SSSR count). The summed E-state index contributed by atoms with van der Waals surface area (Å²) >= 11 is 0. The number of phenolic OH excluding ortho intramolecular Hbond substituents is 2. The Morgan fingerprint density at radius 1 is 0.676 bits per heavy atom. The smallest absolute Gasteiger partial charge is 0.119 e. The topological polar surface area (TPSA) is 40.5 Å². The standard InChI is InChI=1S/C32H44O2/c1-22-21-25(19-20-32(22,2)26-13-15-27(33)16-14-26)28-17-18-29(34)31(24-11-7-4-8-12-24)30(28)23-9-5-3-6-10-23/h13-18,22-25,33-34H,3-12,19-21H2,1-2H3. The summed E-state index contributed by atoms with van der Waals surface area (Å²) in [6.07, 6.45) is 16.7. The molecule has 0 saturated heterocycles. The lowest BCUT2D eigenvalue weighted by molar-refractivity contribution is 0.199. The van der Waals surface area contributed by atoms with E-state index in [1.54, 1.807) is 11.1 Å². The first-order chi connectivity index (χ1) is 16.5. The first kappa shape index (κ1) is 23.8. The van der Waals surface area contributed by atoms with Crippen molar-refractivity contribution in [1.82, 2.24) is 0 Å². The van der Waals surface area contributed by atoms with Crippen LogP contribution in [0.25, 0.3) is 0 Å². The van der Waals surface area contributed by atoms with Crippen LogP contribution < -0.4 is 0 Å². The molecular formula is C32H44O2. The molecule has 2 N–H and O–H groups in total. The van der Waals surface area contributed by atoms with Crippen molar-refractivity contribution in [2.75, 3.05) is 0 Å². The van der Waals surface area contributed by atoms with E-state index in [1.807, 2.05) is 18.2 Å². The Bertz CT molecular complexity index is 965. The Morgan fingerprint density at radius 3 is 1.85 bits per heavy atom. The second kappa shape index (κ2) is 9.96. The summed E-state index contributed by atoms with van der Waals surface area (Å²) < 4.78 is 0. The van der Waals surface area contributed by atoms with Crippen molar-refractivity contribution >= 4 is 0 Å². The molecule has 2 aromatic rings. The monoisotopic (exact) mass is 460 g/mol. The van der Waals surface area contributed by atoms with Gasteiger partial charge in [-0.25, -0.2) is 0 Å². The predicted molar refractivity (Wildman–Crippen MR) is 141 cm³/mol. The normalized spacial score (nSPS) is 29.2. The van der Waals surface area contributed by atoms with Gasteiger partial charge in [0.1, 0.15) is 11.5 Å². The molecule has 3 fully saturated rings. The first-order valence-corrected chi connectivity index (χ1v) is 14.1. The third-order valence-corrected chi connectivity index (χ3v) is 10.0. The maximum atomic E-state index is 11.2. The summed E-state index contributed by atoms with van der Waals surface area (Å²) in [4.78, 5) is 0. The molecule has 0 aliphatic heterocycles. The highest BCUT2D eigenvalue weighted by atomic mass is 16.3. The van der Waals surface area contributed by atoms with Crippen LogP contribution >= 0.6 is 0 Å². The van der Waals surface area contributed by atoms with E-state index in [2.05, 4.69) is 32.0 Å². The van der Waals surface area contributed by atoms with Crippen molar-refractivity contribution < 1.29 is 10.2 Å². The lowest BCUT2D eigenvalue weighted by Gasteiger charge is -2.45. The number of hydrogen-bond acceptors (Lipinski definition) is 2. The lowest BCUT2D eigenvalue weighted by Crippen LogP contribution is -2.36. The van der Waals surface area contributed by atoms with Gasteiger partial charge in [0.2, 0.25) is 0 Å². The Balaban J connectivity index is 1.49. The van der Waals surface area contributed by atoms with Gasteiger partial charge in [0.15, 0.2) is 0 Å². The average Bonchev–Trinajstić information content (AvgIpc) is 2.87. The molecule has 3 unspecified atom stereocenters. The molecule has 3 aliphatic rings. The van der Waals surface area contributed by atoms with Crippen LogP contribution in [-0.2, 0) is 5.41 Å². The molecule has 0 aromatic heterocycles. The van der Waals surface area contributed by atoms with Crippen molar-refractivity contribution in [3.05, 3.63) is 58.7 Å². The number of rotatable bonds is 4. The minimum absolute atomic E-state index is 0.151. The fourth-order valence-electron chi connectivity index (χ4n) is 7.74. The summed E-state index contributed by atoms with van der Waals surface area (Å²) in [6.45, 7) is 4.86. The van der Waals surface area contributed by atoms with Crippen LogP contribution in [0.3, 0.4) is 0 Å². The number of benzene rings is 2. The molecule has 0 spiro atoms. The minimum Gasteiger partial charge on any atom is -0.508 e. The third kappa shape index (κ3) is 4.50. The van der Waals surface area contributed by atoms with Gasteiger partial charge in [0, 0.05) is 5.56 Å². The van der Waals surface area contributed by atoms with Crippen molar-refractivity contribution in [3.63, 3.8) is 0 Å². The molecule has 0 radical (unpaired) electrons. The molecule has 3 aliphatic carbocycles. The molecular weight excluding hydrogens is 416 g/mol. The Labute approximate surface area is 206 Å². The number of phenols is 2. The van der Waals surface area contributed by atoms with E-state index in [0.29, 0.717) is 35.2 Å². The van der Waals surface area contributed by atoms with Crippen LogP contribution in [-0.4, -0.2) is 10.2 Å². The number of aromatic hydroxyl groups is 2. The molecule has 3 saturated carbocycles. The maximum absolute atomic E-state index is 11.2. The van der Waals surface area contributed by atoms with E-state index in [-0.39, 0.29) is 5.41 Å². The molecule has 0 heterocycles. The van der Waals surface area contributed by atoms with E-state index >= 15 is 0 Å². The van der Waals surface area contributed by atoms with Crippen LogP contribution in [0.15, 0.2) is 36.4 Å². The van der Waals surface area contributed by atoms with Crippen molar-refractivity contribution in [1.29, 1.82) is 0 Å². The SMILES string of the molecule is CC1CC(c2ccc(O)c(C3CCCCC3)c2C2CCCCC2)CCC1(C)c1ccc(O)cc1. The molecule has 0 bridgehead atoms. The van der Waals surface area contributed by atoms with Gasteiger partial charge >= 0.3 is 0 Å². The van der Waals surface area contributed by atoms with E-state index in [9.17, 15) is 10.2 Å². The van der Waals surface area contributed by atoms with Crippen molar-refractivity contribution in [2.45, 2.75) is 120 Å². The minimum atomic E-state index is 0.151. The molecule has 0 amide bonds. The van der Waals surface area contributed by atoms with Gasteiger partial charge < -0.3 is 10.2 Å². The summed E-state index contributed by atoms with van der Waals surface area (Å²) in [5.74, 6) is 3.27. The zero-order valence-electron chi connectivity index (χ0n) is 21.4. The van der Waals surface area contributed by atoms with E-state index in [4.69, 9.17) is 0 Å². The molecule has 2 aromatic carbocycles. The van der Waals surface area contributed by atoms with Gasteiger partial charge in [-0.1, -0.05) is 70.6 Å². The average molecular weight is 461 g/mol. The van der Waals surface area contributed by atoms with Gasteiger partial charge in [-0.3, -0.25) is 0 Å². The number of hydrogen-bond donors (Lipinski definition) is 2. The van der Waals surface area contributed by atoms with E-state index in [0.717, 1.165) is 0 Å². The fraction of sp³-hybridized carbons (Fsp3) is 0.625. The second-order valence-electron chi connectivity index (χ2n) is 12.0. The van der Waals surface area contributed by atoms with Gasteiger partial charge in [-0.05, 0) is 109 Å². The summed E-state index contributed by atoms with van der Waals surface area (Å²) in [5.41, 5.74) is 6.01. The van der Waals surface area contributed by atoms with Crippen LogP contribution in [0, 0.1) is 5.92 Å². The zero-order chi connectivity index (χ0) is 23.7. The highest BCUT2D eigenvalue weighted by Crippen LogP contribution is 2.53. The van der Waals surface area contributed by atoms with Crippen LogP contribution in [0.4, 0.5) is 0 Å². The lowest BCUT2D eigenvalue weighted by atomic mass is 9.60. The molecule has 2 nitrogen and oxygen atoms in total. The highest BCUT2D eigenvalue weighted by molar-refractivity contribution is 5.50. The molecule has 3 atom stereocenters. The Morgan fingerprint density at radius 2 is 1.26 bits per heavy atom. The zero-order valence-corrected chi connectivity index (χ0v) is 21.4. The van der Waals surface area contributed by atoms with Gasteiger partial charge in [-0.15, -0.1) is 0 Å². The van der Waals surface area contributed by atoms with Gasteiger partial charge in [0.05, 0.1) is 0 Å². The third-order valence-electron chi connectivity index (χ3n) is 10.0. The van der Waals surface area contributed by atoms with Gasteiger partial charge in [-0.2, -0.15) is 0 Å². The fourth-order valence-corrected chi connectivity index (χ4v) is 7.74. The maximum Gasteiger partial charge on any atom is 0.119 e. The quantitative estimate of drug-likeness (QED) is 0.478. The molecule has 184 valence electrons. The molecule has 34 heavy (non-hydrogen) atoms. The second-order valence-corrected chi connectivity index (χ2v) is 12.0. The largest absolute Gasteiger partial charge is 0.508 e. The van der Waals surface area contributed by atoms with Crippen LogP contribution in [0.5, 0.6) is 11.5 Å². The van der Waals surface area contributed by atoms with Gasteiger partial charge in [0.25, 0.3) is 0 Å². The van der Waals surface area contributed by atoms with Crippen molar-refractivity contribution in [3.8, 4) is 11.5 Å². The van der Waals surface area contributed by atoms with Crippen LogP contribution in [0.2, 0.25) is 0 Å². The summed E-state index contributed by atoms with van der Waals surface area (Å²) in [6, 6.07) is 12.3. The van der Waals surface area contributed by atoms with E-state index in [1.165, 1.54) is 94.6 Å². The van der Waals surface area contributed by atoms with Crippen LogP contribution in [0.1, 0.15) is 137 Å².